The Morgan fingerprint density at radius 1 is 1.42 bits per heavy atom. The number of rotatable bonds is 9. The van der Waals surface area contributed by atoms with E-state index in [1.165, 1.54) is 26.3 Å². The second-order valence-electron chi connectivity index (χ2n) is 6.05. The third-order valence-corrected chi connectivity index (χ3v) is 5.95. The highest BCUT2D eigenvalue weighted by molar-refractivity contribution is 7.89. The summed E-state index contributed by atoms with van der Waals surface area (Å²) in [6, 6.07) is 4.86. The maximum absolute atomic E-state index is 12.7. The maximum Gasteiger partial charge on any atom is 0.243 e. The van der Waals surface area contributed by atoms with Crippen LogP contribution in [0.25, 0.3) is 11.0 Å². The number of hydrogen-bond donors (Lipinski definition) is 1. The van der Waals surface area contributed by atoms with E-state index in [1.54, 1.807) is 10.7 Å². The molecule has 0 saturated carbocycles. The van der Waals surface area contributed by atoms with Crippen molar-refractivity contribution in [2.75, 3.05) is 33.9 Å². The number of fused-ring (bicyclic) bond motifs is 1. The highest BCUT2D eigenvalue weighted by Gasteiger charge is 2.24. The minimum absolute atomic E-state index is 0.0772. The standard InChI is InChI=1S/C16H25N5O4S/c1-5-12(2)21-15-7-6-13(10-14(15)18-19-21)26(23,24)20(3)11-16(22)17-8-9-25-4/h6-7,10,12H,5,8-9,11H2,1-4H3,(H,17,22). The summed E-state index contributed by atoms with van der Waals surface area (Å²) in [7, 11) is -0.918. The normalized spacial score (nSPS) is 13.3. The fraction of sp³-hybridized carbons (Fsp3) is 0.562. The lowest BCUT2D eigenvalue weighted by Crippen LogP contribution is -2.39. The van der Waals surface area contributed by atoms with E-state index in [9.17, 15) is 13.2 Å². The molecule has 1 aromatic heterocycles. The Morgan fingerprint density at radius 3 is 2.81 bits per heavy atom. The lowest BCUT2D eigenvalue weighted by molar-refractivity contribution is -0.121. The van der Waals surface area contributed by atoms with E-state index in [0.717, 1.165) is 16.2 Å². The zero-order valence-electron chi connectivity index (χ0n) is 15.5. The quantitative estimate of drug-likeness (QED) is 0.642. The second-order valence-corrected chi connectivity index (χ2v) is 8.09. The lowest BCUT2D eigenvalue weighted by Gasteiger charge is -2.17. The van der Waals surface area contributed by atoms with Crippen molar-refractivity contribution in [1.82, 2.24) is 24.6 Å². The molecule has 0 radical (unpaired) electrons. The summed E-state index contributed by atoms with van der Waals surface area (Å²) in [6.07, 6.45) is 0.888. The Morgan fingerprint density at radius 2 is 2.15 bits per heavy atom. The number of likely N-dealkylation sites (N-methyl/N-ethyl adjacent to an activating group) is 1. The molecule has 1 aromatic carbocycles. The van der Waals surface area contributed by atoms with Crippen LogP contribution in [0.1, 0.15) is 26.3 Å². The van der Waals surface area contributed by atoms with Crippen molar-refractivity contribution in [3.8, 4) is 0 Å². The second kappa shape index (κ2) is 8.56. The number of nitrogens with one attached hydrogen (secondary N) is 1. The van der Waals surface area contributed by atoms with Gasteiger partial charge in [0.25, 0.3) is 0 Å². The van der Waals surface area contributed by atoms with Gasteiger partial charge in [0.2, 0.25) is 15.9 Å². The number of aromatic nitrogens is 3. The van der Waals surface area contributed by atoms with E-state index in [1.807, 2.05) is 13.8 Å². The Bertz CT molecular complexity index is 865. The van der Waals surface area contributed by atoms with E-state index in [4.69, 9.17) is 4.74 Å². The molecule has 0 aliphatic rings. The third-order valence-electron chi connectivity index (χ3n) is 4.15. The van der Waals surface area contributed by atoms with Crippen LogP contribution in [0.2, 0.25) is 0 Å². The minimum Gasteiger partial charge on any atom is -0.383 e. The number of carbonyl (C=O) groups is 1. The summed E-state index contributed by atoms with van der Waals surface area (Å²) in [5.41, 5.74) is 1.28. The van der Waals surface area contributed by atoms with Gasteiger partial charge < -0.3 is 10.1 Å². The van der Waals surface area contributed by atoms with E-state index in [2.05, 4.69) is 15.6 Å². The van der Waals surface area contributed by atoms with Gasteiger partial charge in [0.05, 0.1) is 29.6 Å². The Labute approximate surface area is 153 Å². The van der Waals surface area contributed by atoms with Crippen molar-refractivity contribution in [3.05, 3.63) is 18.2 Å². The van der Waals surface area contributed by atoms with Crippen LogP contribution in [-0.2, 0) is 19.6 Å². The van der Waals surface area contributed by atoms with Gasteiger partial charge in [-0.2, -0.15) is 4.31 Å². The van der Waals surface area contributed by atoms with Crippen LogP contribution in [0.3, 0.4) is 0 Å². The maximum atomic E-state index is 12.7. The smallest absolute Gasteiger partial charge is 0.243 e. The fourth-order valence-corrected chi connectivity index (χ4v) is 3.54. The van der Waals surface area contributed by atoms with Gasteiger partial charge in [-0.05, 0) is 31.5 Å². The summed E-state index contributed by atoms with van der Waals surface area (Å²) >= 11 is 0. The third kappa shape index (κ3) is 4.37. The molecule has 26 heavy (non-hydrogen) atoms. The van der Waals surface area contributed by atoms with Crippen LogP contribution in [0.5, 0.6) is 0 Å². The first kappa shape index (κ1) is 20.3. The average molecular weight is 383 g/mol. The van der Waals surface area contributed by atoms with E-state index in [-0.39, 0.29) is 17.5 Å². The molecule has 2 aromatic rings. The van der Waals surface area contributed by atoms with E-state index < -0.39 is 15.9 Å². The molecular weight excluding hydrogens is 358 g/mol. The summed E-state index contributed by atoms with van der Waals surface area (Å²) in [4.78, 5) is 11.9. The first-order chi connectivity index (χ1) is 12.3. The molecule has 0 aliphatic heterocycles. The number of nitrogens with zero attached hydrogens (tertiary/aromatic N) is 4. The molecule has 2 rings (SSSR count). The topological polar surface area (TPSA) is 106 Å². The molecule has 10 heteroatoms. The van der Waals surface area contributed by atoms with Crippen molar-refractivity contribution >= 4 is 27.0 Å². The van der Waals surface area contributed by atoms with Crippen molar-refractivity contribution in [1.29, 1.82) is 0 Å². The molecule has 1 atom stereocenters. The summed E-state index contributed by atoms with van der Waals surface area (Å²) in [5, 5.41) is 10.8. The first-order valence-electron chi connectivity index (χ1n) is 8.38. The van der Waals surface area contributed by atoms with Gasteiger partial charge in [-0.3, -0.25) is 4.79 Å². The summed E-state index contributed by atoms with van der Waals surface area (Å²) < 4.78 is 33.0. The Hall–Kier alpha value is -2.04. The molecule has 1 N–H and O–H groups in total. The molecule has 1 amide bonds. The minimum atomic E-state index is -3.81. The molecule has 144 valence electrons. The number of hydrogen-bond acceptors (Lipinski definition) is 6. The zero-order valence-corrected chi connectivity index (χ0v) is 16.3. The van der Waals surface area contributed by atoms with E-state index >= 15 is 0 Å². The van der Waals surface area contributed by atoms with Crippen LogP contribution >= 0.6 is 0 Å². The van der Waals surface area contributed by atoms with Gasteiger partial charge >= 0.3 is 0 Å². The molecule has 1 unspecified atom stereocenters. The molecular formula is C16H25N5O4S. The summed E-state index contributed by atoms with van der Waals surface area (Å²) in [5.74, 6) is -0.392. The fourth-order valence-electron chi connectivity index (χ4n) is 2.40. The highest BCUT2D eigenvalue weighted by Crippen LogP contribution is 2.22. The van der Waals surface area contributed by atoms with E-state index in [0.29, 0.717) is 18.7 Å². The lowest BCUT2D eigenvalue weighted by atomic mass is 10.2. The number of sulfonamides is 1. The Kier molecular flexibility index (Phi) is 6.68. The predicted octanol–water partition coefficient (Wildman–Crippen LogP) is 0.785. The summed E-state index contributed by atoms with van der Waals surface area (Å²) in [6.45, 7) is 4.49. The van der Waals surface area contributed by atoms with Gasteiger partial charge in [-0.25, -0.2) is 13.1 Å². The monoisotopic (exact) mass is 383 g/mol. The van der Waals surface area contributed by atoms with Gasteiger partial charge in [0.15, 0.2) is 0 Å². The van der Waals surface area contributed by atoms with Crippen molar-refractivity contribution in [2.45, 2.75) is 31.2 Å². The number of ether oxygens (including phenoxy) is 1. The van der Waals surface area contributed by atoms with Crippen LogP contribution in [0.4, 0.5) is 0 Å². The van der Waals surface area contributed by atoms with Gasteiger partial charge in [0.1, 0.15) is 5.52 Å². The molecule has 1 heterocycles. The van der Waals surface area contributed by atoms with Crippen molar-refractivity contribution in [2.24, 2.45) is 0 Å². The predicted molar refractivity (Wildman–Crippen MR) is 97.2 cm³/mol. The molecule has 0 aliphatic carbocycles. The van der Waals surface area contributed by atoms with Crippen molar-refractivity contribution < 1.29 is 17.9 Å². The number of methoxy groups -OCH3 is 1. The van der Waals surface area contributed by atoms with Gasteiger partial charge in [0, 0.05) is 20.7 Å². The average Bonchev–Trinajstić information content (AvgIpc) is 3.04. The largest absolute Gasteiger partial charge is 0.383 e. The van der Waals surface area contributed by atoms with Crippen molar-refractivity contribution in [3.63, 3.8) is 0 Å². The number of benzene rings is 1. The van der Waals surface area contributed by atoms with Crippen LogP contribution in [0, 0.1) is 0 Å². The molecule has 0 saturated heterocycles. The van der Waals surface area contributed by atoms with Crippen LogP contribution < -0.4 is 5.32 Å². The number of amides is 1. The van der Waals surface area contributed by atoms with Crippen LogP contribution in [-0.4, -0.2) is 67.5 Å². The first-order valence-corrected chi connectivity index (χ1v) is 9.82. The Balaban J connectivity index is 2.19. The molecule has 9 nitrogen and oxygen atoms in total. The highest BCUT2D eigenvalue weighted by atomic mass is 32.2. The van der Waals surface area contributed by atoms with Crippen LogP contribution in [0.15, 0.2) is 23.1 Å². The zero-order chi connectivity index (χ0) is 19.3. The molecule has 0 fully saturated rings. The van der Waals surface area contributed by atoms with Gasteiger partial charge in [-0.15, -0.1) is 5.10 Å². The SMILES string of the molecule is CCC(C)n1nnc2cc(S(=O)(=O)N(C)CC(=O)NCCOC)ccc21. The molecule has 0 spiro atoms. The number of carbonyl (C=O) groups excluding carboxylic acids is 1. The molecule has 0 bridgehead atoms. The van der Waals surface area contributed by atoms with Gasteiger partial charge in [-0.1, -0.05) is 12.1 Å².